The predicted molar refractivity (Wildman–Crippen MR) is 78.1 cm³/mol. The minimum atomic E-state index is -0.542. The Hall–Kier alpha value is -1.51. The highest BCUT2D eigenvalue weighted by atomic mass is 79.9. The smallest absolute Gasteiger partial charge is 0.271 e. The molecule has 7 nitrogen and oxygen atoms in total. The summed E-state index contributed by atoms with van der Waals surface area (Å²) in [6, 6.07) is 4.14. The maximum Gasteiger partial charge on any atom is 0.271 e. The molecule has 2 atom stereocenters. The molecule has 2 unspecified atom stereocenters. The maximum absolute atomic E-state index is 12.5. The fraction of sp³-hybridized carbons (Fsp3) is 0.462. The third kappa shape index (κ3) is 3.78. The Kier molecular flexibility index (Phi) is 4.92. The number of nitro benzene ring substituents is 1. The number of nitro groups is 1. The van der Waals surface area contributed by atoms with Crippen LogP contribution in [0.15, 0.2) is 22.7 Å². The number of rotatable bonds is 3. The van der Waals surface area contributed by atoms with E-state index in [0.29, 0.717) is 11.0 Å². The molecule has 8 heteroatoms. The van der Waals surface area contributed by atoms with E-state index in [1.807, 2.05) is 6.92 Å². The van der Waals surface area contributed by atoms with Crippen molar-refractivity contribution in [3.8, 4) is 0 Å². The monoisotopic (exact) mass is 358 g/mol. The number of non-ortho nitro benzene ring substituents is 1. The summed E-state index contributed by atoms with van der Waals surface area (Å²) in [6.45, 7) is 2.29. The Morgan fingerprint density at radius 3 is 2.86 bits per heavy atom. The molecule has 0 saturated carbocycles. The van der Waals surface area contributed by atoms with E-state index in [1.54, 1.807) is 11.0 Å². The van der Waals surface area contributed by atoms with Crippen LogP contribution in [0.1, 0.15) is 17.3 Å². The first-order valence-corrected chi connectivity index (χ1v) is 7.20. The lowest BCUT2D eigenvalue weighted by Crippen LogP contribution is -2.50. The topological polar surface area (TPSA) is 92.9 Å². The van der Waals surface area contributed by atoms with Gasteiger partial charge in [0.05, 0.1) is 23.7 Å². The van der Waals surface area contributed by atoms with E-state index in [1.165, 1.54) is 12.1 Å². The Morgan fingerprint density at radius 1 is 1.52 bits per heavy atom. The molecule has 114 valence electrons. The number of aliphatic hydroxyl groups is 1. The zero-order valence-electron chi connectivity index (χ0n) is 11.4. The summed E-state index contributed by atoms with van der Waals surface area (Å²) >= 11 is 3.17. The third-order valence-electron chi connectivity index (χ3n) is 3.16. The van der Waals surface area contributed by atoms with Gasteiger partial charge in [-0.15, -0.1) is 0 Å². The normalized spacial score (nSPS) is 22.1. The summed E-state index contributed by atoms with van der Waals surface area (Å²) in [5, 5.41) is 20.0. The van der Waals surface area contributed by atoms with E-state index in [2.05, 4.69) is 15.9 Å². The average Bonchev–Trinajstić information content (AvgIpc) is 2.45. The second-order valence-corrected chi connectivity index (χ2v) is 5.83. The van der Waals surface area contributed by atoms with Crippen LogP contribution in [0.2, 0.25) is 0 Å². The molecule has 0 radical (unpaired) electrons. The van der Waals surface area contributed by atoms with E-state index in [-0.39, 0.29) is 36.4 Å². The van der Waals surface area contributed by atoms with Gasteiger partial charge in [0.25, 0.3) is 11.6 Å². The first kappa shape index (κ1) is 15.9. The molecule has 1 fully saturated rings. The van der Waals surface area contributed by atoms with Crippen LogP contribution in [0.25, 0.3) is 0 Å². The lowest BCUT2D eigenvalue weighted by atomic mass is 10.1. The third-order valence-corrected chi connectivity index (χ3v) is 3.62. The summed E-state index contributed by atoms with van der Waals surface area (Å²) < 4.78 is 5.95. The number of hydrogen-bond acceptors (Lipinski definition) is 5. The fourth-order valence-corrected chi connectivity index (χ4v) is 2.78. The zero-order chi connectivity index (χ0) is 15.6. The van der Waals surface area contributed by atoms with E-state index in [0.717, 1.165) is 0 Å². The van der Waals surface area contributed by atoms with Crippen molar-refractivity contribution in [3.05, 3.63) is 38.3 Å². The Balaban J connectivity index is 2.25. The molecule has 1 aliphatic heterocycles. The number of aliphatic hydroxyl groups excluding tert-OH is 1. The molecule has 21 heavy (non-hydrogen) atoms. The molecule has 1 saturated heterocycles. The number of halogens is 1. The van der Waals surface area contributed by atoms with Crippen molar-refractivity contribution < 1.29 is 19.6 Å². The summed E-state index contributed by atoms with van der Waals surface area (Å²) in [5.74, 6) is -0.312. The minimum Gasteiger partial charge on any atom is -0.394 e. The van der Waals surface area contributed by atoms with Gasteiger partial charge in [-0.05, 0) is 13.0 Å². The highest BCUT2D eigenvalue weighted by Gasteiger charge is 2.29. The van der Waals surface area contributed by atoms with Gasteiger partial charge < -0.3 is 14.7 Å². The summed E-state index contributed by atoms with van der Waals surface area (Å²) in [7, 11) is 0. The quantitative estimate of drug-likeness (QED) is 0.653. The number of ether oxygens (including phenoxy) is 1. The van der Waals surface area contributed by atoms with E-state index in [4.69, 9.17) is 4.74 Å². The van der Waals surface area contributed by atoms with Gasteiger partial charge in [0, 0.05) is 35.3 Å². The lowest BCUT2D eigenvalue weighted by molar-refractivity contribution is -0.385. The highest BCUT2D eigenvalue weighted by Crippen LogP contribution is 2.23. The Morgan fingerprint density at radius 2 is 2.24 bits per heavy atom. The number of morpholine rings is 1. The van der Waals surface area contributed by atoms with Gasteiger partial charge in [-0.25, -0.2) is 0 Å². The van der Waals surface area contributed by atoms with Crippen molar-refractivity contribution in [2.24, 2.45) is 0 Å². The van der Waals surface area contributed by atoms with Crippen molar-refractivity contribution in [2.75, 3.05) is 19.7 Å². The molecule has 2 rings (SSSR count). The Bertz CT molecular complexity index is 565. The van der Waals surface area contributed by atoms with Crippen LogP contribution < -0.4 is 0 Å². The predicted octanol–water partition coefficient (Wildman–Crippen LogP) is 1.58. The van der Waals surface area contributed by atoms with Crippen LogP contribution >= 0.6 is 15.9 Å². The van der Waals surface area contributed by atoms with Crippen LogP contribution in [-0.2, 0) is 4.74 Å². The SMILES string of the molecule is CC1CN(C(=O)c2cc(Br)cc([N+](=O)[O-])c2)CC(CO)O1. The van der Waals surface area contributed by atoms with Crippen LogP contribution in [0.4, 0.5) is 5.69 Å². The first-order valence-electron chi connectivity index (χ1n) is 6.41. The van der Waals surface area contributed by atoms with Gasteiger partial charge in [0.2, 0.25) is 0 Å². The molecule has 1 aliphatic rings. The van der Waals surface area contributed by atoms with Crippen molar-refractivity contribution in [1.29, 1.82) is 0 Å². The number of benzene rings is 1. The molecule has 0 spiro atoms. The lowest BCUT2D eigenvalue weighted by Gasteiger charge is -2.36. The molecule has 1 aromatic rings. The van der Waals surface area contributed by atoms with Crippen molar-refractivity contribution in [3.63, 3.8) is 0 Å². The standard InChI is InChI=1S/C13H15BrN2O5/c1-8-5-15(6-12(7-17)21-8)13(18)9-2-10(14)4-11(3-9)16(19)20/h2-4,8,12,17H,5-7H2,1H3. The van der Waals surface area contributed by atoms with Crippen LogP contribution in [0.5, 0.6) is 0 Å². The summed E-state index contributed by atoms with van der Waals surface area (Å²) in [4.78, 5) is 24.3. The first-order chi connectivity index (χ1) is 9.90. The number of amides is 1. The molecule has 0 aromatic heterocycles. The number of carbonyl (C=O) groups excluding carboxylic acids is 1. The van der Waals surface area contributed by atoms with Gasteiger partial charge in [0.15, 0.2) is 0 Å². The fourth-order valence-electron chi connectivity index (χ4n) is 2.30. The maximum atomic E-state index is 12.5. The molecule has 1 aromatic carbocycles. The van der Waals surface area contributed by atoms with Gasteiger partial charge in [-0.3, -0.25) is 14.9 Å². The molecule has 1 amide bonds. The second kappa shape index (κ2) is 6.50. The molecule has 0 bridgehead atoms. The molecular weight excluding hydrogens is 344 g/mol. The van der Waals surface area contributed by atoms with Crippen molar-refractivity contribution in [2.45, 2.75) is 19.1 Å². The van der Waals surface area contributed by atoms with Gasteiger partial charge >= 0.3 is 0 Å². The van der Waals surface area contributed by atoms with Crippen molar-refractivity contribution in [1.82, 2.24) is 4.90 Å². The van der Waals surface area contributed by atoms with Gasteiger partial charge in [-0.1, -0.05) is 15.9 Å². The minimum absolute atomic E-state index is 0.146. The van der Waals surface area contributed by atoms with Crippen LogP contribution in [0, 0.1) is 10.1 Å². The average molecular weight is 359 g/mol. The summed E-state index contributed by atoms with van der Waals surface area (Å²) in [5.41, 5.74) is 0.0922. The molecular formula is C13H15BrN2O5. The Labute approximate surface area is 129 Å². The number of hydrogen-bond donors (Lipinski definition) is 1. The van der Waals surface area contributed by atoms with Crippen LogP contribution in [-0.4, -0.2) is 52.7 Å². The highest BCUT2D eigenvalue weighted by molar-refractivity contribution is 9.10. The number of carbonyl (C=O) groups is 1. The van der Waals surface area contributed by atoms with Gasteiger partial charge in [0.1, 0.15) is 0 Å². The number of nitrogens with zero attached hydrogens (tertiary/aromatic N) is 2. The molecule has 1 N–H and O–H groups in total. The van der Waals surface area contributed by atoms with Gasteiger partial charge in [-0.2, -0.15) is 0 Å². The van der Waals surface area contributed by atoms with E-state index in [9.17, 15) is 20.0 Å². The van der Waals surface area contributed by atoms with Crippen LogP contribution in [0.3, 0.4) is 0 Å². The second-order valence-electron chi connectivity index (χ2n) is 4.92. The zero-order valence-corrected chi connectivity index (χ0v) is 12.9. The van der Waals surface area contributed by atoms with E-state index >= 15 is 0 Å². The molecule has 0 aliphatic carbocycles. The largest absolute Gasteiger partial charge is 0.394 e. The van der Waals surface area contributed by atoms with Crippen molar-refractivity contribution >= 4 is 27.5 Å². The molecule has 1 heterocycles. The summed E-state index contributed by atoms with van der Waals surface area (Å²) in [6.07, 6.45) is -0.623. The van der Waals surface area contributed by atoms with E-state index < -0.39 is 11.0 Å².